The average molecular weight is 318 g/mol. The first-order valence-corrected chi connectivity index (χ1v) is 7.71. The van der Waals surface area contributed by atoms with Crippen molar-refractivity contribution < 1.29 is 22.7 Å². The molecule has 1 aromatic rings. The van der Waals surface area contributed by atoms with Crippen LogP contribution in [0.25, 0.3) is 0 Å². The molecule has 0 atom stereocenters. The predicted molar refractivity (Wildman–Crippen MR) is 76.1 cm³/mol. The Morgan fingerprint density at radius 1 is 1.29 bits per heavy atom. The average Bonchev–Trinajstić information content (AvgIpc) is 2.36. The highest BCUT2D eigenvalue weighted by molar-refractivity contribution is 7.89. The van der Waals surface area contributed by atoms with E-state index in [1.165, 1.54) is 13.0 Å². The van der Waals surface area contributed by atoms with Crippen molar-refractivity contribution in [2.75, 3.05) is 33.7 Å². The van der Waals surface area contributed by atoms with Gasteiger partial charge in [0.1, 0.15) is 12.4 Å². The number of aliphatic carboxylic acids is 1. The largest absolute Gasteiger partial charge is 0.480 e. The van der Waals surface area contributed by atoms with E-state index in [9.17, 15) is 17.6 Å². The number of hydrogen-bond acceptors (Lipinski definition) is 4. The maximum absolute atomic E-state index is 13.3. The van der Waals surface area contributed by atoms with Crippen LogP contribution in [0.3, 0.4) is 0 Å². The molecule has 118 valence electrons. The molecule has 0 heterocycles. The summed E-state index contributed by atoms with van der Waals surface area (Å²) in [6.45, 7) is 1.25. The molecular weight excluding hydrogens is 299 g/mol. The molecular formula is C13H19FN2O4S. The normalized spacial score (nSPS) is 12.1. The van der Waals surface area contributed by atoms with Crippen LogP contribution in [0.15, 0.2) is 23.1 Å². The number of benzene rings is 1. The molecule has 0 aromatic heterocycles. The Kier molecular flexibility index (Phi) is 5.82. The van der Waals surface area contributed by atoms with E-state index in [2.05, 4.69) is 0 Å². The van der Waals surface area contributed by atoms with Gasteiger partial charge in [0.15, 0.2) is 0 Å². The van der Waals surface area contributed by atoms with E-state index in [0.29, 0.717) is 12.1 Å². The fraction of sp³-hybridized carbons (Fsp3) is 0.462. The quantitative estimate of drug-likeness (QED) is 0.803. The maximum Gasteiger partial charge on any atom is 0.318 e. The maximum atomic E-state index is 13.3. The monoisotopic (exact) mass is 318 g/mol. The lowest BCUT2D eigenvalue weighted by Crippen LogP contribution is -2.40. The molecule has 0 fully saturated rings. The summed E-state index contributed by atoms with van der Waals surface area (Å²) in [6, 6.07) is 3.43. The number of nitrogens with zero attached hydrogens (tertiary/aromatic N) is 2. The lowest BCUT2D eigenvalue weighted by molar-refractivity contribution is -0.137. The summed E-state index contributed by atoms with van der Waals surface area (Å²) >= 11 is 0. The van der Waals surface area contributed by atoms with E-state index in [0.717, 1.165) is 16.4 Å². The van der Waals surface area contributed by atoms with E-state index in [1.807, 2.05) is 0 Å². The molecule has 1 aromatic carbocycles. The fourth-order valence-electron chi connectivity index (χ4n) is 1.74. The summed E-state index contributed by atoms with van der Waals surface area (Å²) in [7, 11) is -0.561. The van der Waals surface area contributed by atoms with Gasteiger partial charge in [-0.3, -0.25) is 4.79 Å². The van der Waals surface area contributed by atoms with Crippen LogP contribution in [0.4, 0.5) is 4.39 Å². The van der Waals surface area contributed by atoms with Crippen molar-refractivity contribution in [3.63, 3.8) is 0 Å². The summed E-state index contributed by atoms with van der Waals surface area (Å²) in [4.78, 5) is 12.4. The number of carbonyl (C=O) groups is 1. The van der Waals surface area contributed by atoms with E-state index < -0.39 is 28.4 Å². The minimum absolute atomic E-state index is 0.0115. The SMILES string of the molecule is Cc1ccc(F)cc1S(=O)(=O)N(CCN(C)C)CC(=O)O. The van der Waals surface area contributed by atoms with Gasteiger partial charge in [-0.2, -0.15) is 4.31 Å². The molecule has 0 aliphatic heterocycles. The first kappa shape index (κ1) is 17.5. The molecule has 0 aliphatic rings. The highest BCUT2D eigenvalue weighted by atomic mass is 32.2. The fourth-order valence-corrected chi connectivity index (χ4v) is 3.35. The van der Waals surface area contributed by atoms with Crippen LogP contribution < -0.4 is 0 Å². The number of rotatable bonds is 7. The van der Waals surface area contributed by atoms with Crippen molar-refractivity contribution in [3.05, 3.63) is 29.6 Å². The van der Waals surface area contributed by atoms with Crippen molar-refractivity contribution in [3.8, 4) is 0 Å². The highest BCUT2D eigenvalue weighted by Gasteiger charge is 2.28. The minimum Gasteiger partial charge on any atom is -0.480 e. The van der Waals surface area contributed by atoms with Crippen molar-refractivity contribution >= 4 is 16.0 Å². The second-order valence-corrected chi connectivity index (χ2v) is 6.85. The molecule has 21 heavy (non-hydrogen) atoms. The lowest BCUT2D eigenvalue weighted by atomic mass is 10.2. The van der Waals surface area contributed by atoms with Crippen molar-refractivity contribution in [2.24, 2.45) is 0 Å². The lowest BCUT2D eigenvalue weighted by Gasteiger charge is -2.23. The number of carboxylic acid groups (broad SMARTS) is 1. The standard InChI is InChI=1S/C13H19FN2O4S/c1-10-4-5-11(14)8-12(10)21(19,20)16(9-13(17)18)7-6-15(2)3/h4-5,8H,6-7,9H2,1-3H3,(H,17,18). The summed E-state index contributed by atoms with van der Waals surface area (Å²) in [5, 5.41) is 8.89. The Bertz CT molecular complexity index is 617. The minimum atomic E-state index is -4.06. The van der Waals surface area contributed by atoms with Gasteiger partial charge in [-0.25, -0.2) is 12.8 Å². The van der Waals surface area contributed by atoms with E-state index in [-0.39, 0.29) is 11.4 Å². The third-order valence-corrected chi connectivity index (χ3v) is 4.86. The van der Waals surface area contributed by atoms with Crippen LogP contribution >= 0.6 is 0 Å². The third kappa shape index (κ3) is 4.76. The van der Waals surface area contributed by atoms with Gasteiger partial charge in [0.05, 0.1) is 4.90 Å². The van der Waals surface area contributed by atoms with Crippen LogP contribution in [0.1, 0.15) is 5.56 Å². The van der Waals surface area contributed by atoms with Gasteiger partial charge in [0, 0.05) is 13.1 Å². The predicted octanol–water partition coefficient (Wildman–Crippen LogP) is 0.771. The van der Waals surface area contributed by atoms with Crippen LogP contribution in [0.5, 0.6) is 0 Å². The van der Waals surface area contributed by atoms with Crippen LogP contribution in [-0.4, -0.2) is 62.4 Å². The van der Waals surface area contributed by atoms with Gasteiger partial charge in [0.2, 0.25) is 10.0 Å². The molecule has 0 aliphatic carbocycles. The van der Waals surface area contributed by atoms with Gasteiger partial charge in [-0.1, -0.05) is 6.07 Å². The Morgan fingerprint density at radius 3 is 2.43 bits per heavy atom. The third-order valence-electron chi connectivity index (χ3n) is 2.88. The number of carboxylic acids is 1. The number of sulfonamides is 1. The van der Waals surface area contributed by atoms with Crippen molar-refractivity contribution in [2.45, 2.75) is 11.8 Å². The van der Waals surface area contributed by atoms with E-state index >= 15 is 0 Å². The van der Waals surface area contributed by atoms with Crippen molar-refractivity contribution in [1.29, 1.82) is 0 Å². The smallest absolute Gasteiger partial charge is 0.318 e. The van der Waals surface area contributed by atoms with Gasteiger partial charge in [-0.15, -0.1) is 0 Å². The molecule has 8 heteroatoms. The molecule has 0 unspecified atom stereocenters. The highest BCUT2D eigenvalue weighted by Crippen LogP contribution is 2.20. The summed E-state index contributed by atoms with van der Waals surface area (Å²) in [5.74, 6) is -1.94. The molecule has 0 spiro atoms. The van der Waals surface area contributed by atoms with Gasteiger partial charge >= 0.3 is 5.97 Å². The van der Waals surface area contributed by atoms with E-state index in [1.54, 1.807) is 19.0 Å². The second kappa shape index (κ2) is 6.97. The molecule has 0 saturated carbocycles. The topological polar surface area (TPSA) is 77.9 Å². The number of likely N-dealkylation sites (N-methyl/N-ethyl adjacent to an activating group) is 1. The Morgan fingerprint density at radius 2 is 1.90 bits per heavy atom. The Hall–Kier alpha value is -1.51. The van der Waals surface area contributed by atoms with Crippen LogP contribution in [-0.2, 0) is 14.8 Å². The summed E-state index contributed by atoms with van der Waals surface area (Å²) in [5.41, 5.74) is 0.372. The molecule has 0 amide bonds. The molecule has 0 radical (unpaired) electrons. The zero-order chi connectivity index (χ0) is 16.2. The van der Waals surface area contributed by atoms with Gasteiger partial charge < -0.3 is 10.0 Å². The molecule has 1 N–H and O–H groups in total. The first-order valence-electron chi connectivity index (χ1n) is 6.27. The Balaban J connectivity index is 3.19. The molecule has 0 bridgehead atoms. The van der Waals surface area contributed by atoms with E-state index in [4.69, 9.17) is 5.11 Å². The molecule has 0 saturated heterocycles. The number of halogens is 1. The van der Waals surface area contributed by atoms with Crippen molar-refractivity contribution in [1.82, 2.24) is 9.21 Å². The summed E-state index contributed by atoms with van der Waals surface area (Å²) < 4.78 is 39.2. The van der Waals surface area contributed by atoms with Gasteiger partial charge in [0.25, 0.3) is 0 Å². The second-order valence-electron chi connectivity index (χ2n) is 4.95. The molecule has 6 nitrogen and oxygen atoms in total. The zero-order valence-electron chi connectivity index (χ0n) is 12.2. The number of hydrogen-bond donors (Lipinski definition) is 1. The number of aryl methyl sites for hydroxylation is 1. The van der Waals surface area contributed by atoms with Crippen LogP contribution in [0.2, 0.25) is 0 Å². The van der Waals surface area contributed by atoms with Crippen LogP contribution in [0, 0.1) is 12.7 Å². The zero-order valence-corrected chi connectivity index (χ0v) is 13.0. The first-order chi connectivity index (χ1) is 9.64. The molecule has 1 rings (SSSR count). The summed E-state index contributed by atoms with van der Waals surface area (Å²) in [6.07, 6.45) is 0. The van der Waals surface area contributed by atoms with Gasteiger partial charge in [-0.05, 0) is 38.7 Å². The Labute approximate surface area is 123 Å².